The normalized spacial score (nSPS) is 20.6. The van der Waals surface area contributed by atoms with Crippen LogP contribution in [-0.2, 0) is 19.1 Å². The van der Waals surface area contributed by atoms with Crippen molar-refractivity contribution in [2.45, 2.75) is 25.3 Å². The number of amides is 1. The molecule has 1 aromatic rings. The number of thioether (sulfide) groups is 1. The second-order valence-electron chi connectivity index (χ2n) is 5.46. The SMILES string of the molecule is CC(=N)C(C#N)C(=O)COC(=O)[C@H]1CS[C@@H](c2ccco2)N1C(C)=O. The monoisotopic (exact) mass is 363 g/mol. The second kappa shape index (κ2) is 7.98. The minimum atomic E-state index is -1.23. The number of carbonyl (C=O) groups excluding carboxylic acids is 3. The first-order chi connectivity index (χ1) is 11.9. The van der Waals surface area contributed by atoms with Crippen molar-refractivity contribution in [3.63, 3.8) is 0 Å². The molecule has 1 aliphatic rings. The minimum Gasteiger partial charge on any atom is -0.466 e. The predicted molar refractivity (Wildman–Crippen MR) is 88.7 cm³/mol. The van der Waals surface area contributed by atoms with E-state index in [1.807, 2.05) is 0 Å². The van der Waals surface area contributed by atoms with Crippen LogP contribution in [0.5, 0.6) is 0 Å². The third kappa shape index (κ3) is 4.09. The van der Waals surface area contributed by atoms with E-state index in [0.717, 1.165) is 0 Å². The molecular weight excluding hydrogens is 346 g/mol. The number of hydrogen-bond donors (Lipinski definition) is 1. The fraction of sp³-hybridized carbons (Fsp3) is 0.438. The Morgan fingerprint density at radius 2 is 2.24 bits per heavy atom. The van der Waals surface area contributed by atoms with Crippen LogP contribution in [0.4, 0.5) is 0 Å². The van der Waals surface area contributed by atoms with Gasteiger partial charge in [0.05, 0.1) is 12.3 Å². The summed E-state index contributed by atoms with van der Waals surface area (Å²) < 4.78 is 10.3. The average Bonchev–Trinajstić information content (AvgIpc) is 3.21. The van der Waals surface area contributed by atoms with Crippen LogP contribution in [-0.4, -0.2) is 46.7 Å². The maximum atomic E-state index is 12.3. The molecule has 1 saturated heterocycles. The zero-order chi connectivity index (χ0) is 18.6. The number of hydrogen-bond acceptors (Lipinski definition) is 8. The molecular formula is C16H17N3O5S. The minimum absolute atomic E-state index is 0.108. The van der Waals surface area contributed by atoms with Gasteiger partial charge in [0.1, 0.15) is 23.1 Å². The Bertz CT molecular complexity index is 725. The molecule has 25 heavy (non-hydrogen) atoms. The smallest absolute Gasteiger partial charge is 0.330 e. The average molecular weight is 363 g/mol. The number of nitrogens with zero attached hydrogens (tertiary/aromatic N) is 2. The van der Waals surface area contributed by atoms with Gasteiger partial charge in [-0.1, -0.05) is 0 Å². The number of carbonyl (C=O) groups is 3. The summed E-state index contributed by atoms with van der Waals surface area (Å²) in [6.45, 7) is 2.08. The first kappa shape index (κ1) is 18.7. The van der Waals surface area contributed by atoms with Gasteiger partial charge in [0.25, 0.3) is 0 Å². The summed E-state index contributed by atoms with van der Waals surface area (Å²) in [7, 11) is 0. The van der Waals surface area contributed by atoms with Crippen LogP contribution in [0.1, 0.15) is 25.0 Å². The number of furan rings is 1. The molecule has 0 saturated carbocycles. The Kier molecular flexibility index (Phi) is 5.98. The molecule has 1 N–H and O–H groups in total. The number of rotatable bonds is 6. The number of esters is 1. The lowest BCUT2D eigenvalue weighted by molar-refractivity contribution is -0.156. The van der Waals surface area contributed by atoms with Crippen molar-refractivity contribution in [1.82, 2.24) is 4.90 Å². The van der Waals surface area contributed by atoms with Gasteiger partial charge in [-0.15, -0.1) is 11.8 Å². The van der Waals surface area contributed by atoms with Crippen molar-refractivity contribution in [1.29, 1.82) is 10.7 Å². The van der Waals surface area contributed by atoms with Crippen molar-refractivity contribution in [2.75, 3.05) is 12.4 Å². The van der Waals surface area contributed by atoms with E-state index in [0.29, 0.717) is 11.5 Å². The van der Waals surface area contributed by atoms with Gasteiger partial charge in [-0.2, -0.15) is 5.26 Å². The summed E-state index contributed by atoms with van der Waals surface area (Å²) in [6.07, 6.45) is 1.49. The molecule has 2 rings (SSSR count). The third-order valence-electron chi connectivity index (χ3n) is 3.66. The zero-order valence-corrected chi connectivity index (χ0v) is 14.5. The summed E-state index contributed by atoms with van der Waals surface area (Å²) >= 11 is 1.36. The summed E-state index contributed by atoms with van der Waals surface area (Å²) in [4.78, 5) is 37.5. The number of nitriles is 1. The lowest BCUT2D eigenvalue weighted by Gasteiger charge is -2.25. The lowest BCUT2D eigenvalue weighted by Crippen LogP contribution is -2.43. The van der Waals surface area contributed by atoms with E-state index in [1.165, 1.54) is 36.8 Å². The molecule has 1 aliphatic heterocycles. The topological polar surface area (TPSA) is 124 Å². The molecule has 0 bridgehead atoms. The van der Waals surface area contributed by atoms with Gasteiger partial charge in [0.2, 0.25) is 5.91 Å². The van der Waals surface area contributed by atoms with E-state index < -0.39 is 35.7 Å². The molecule has 0 aromatic carbocycles. The van der Waals surface area contributed by atoms with Gasteiger partial charge in [-0.25, -0.2) is 4.79 Å². The van der Waals surface area contributed by atoms with Gasteiger partial charge in [-0.3, -0.25) is 9.59 Å². The molecule has 1 aromatic heterocycles. The molecule has 0 radical (unpaired) electrons. The Hall–Kier alpha value is -2.60. The molecule has 132 valence electrons. The predicted octanol–water partition coefficient (Wildman–Crippen LogP) is 1.53. The van der Waals surface area contributed by atoms with Crippen LogP contribution in [0.3, 0.4) is 0 Å². The Morgan fingerprint density at radius 3 is 2.76 bits per heavy atom. The van der Waals surface area contributed by atoms with Crippen molar-refractivity contribution >= 4 is 35.1 Å². The van der Waals surface area contributed by atoms with Crippen molar-refractivity contribution < 1.29 is 23.5 Å². The summed E-state index contributed by atoms with van der Waals surface area (Å²) in [6, 6.07) is 4.27. The van der Waals surface area contributed by atoms with Crippen LogP contribution in [0, 0.1) is 22.7 Å². The van der Waals surface area contributed by atoms with Crippen LogP contribution in [0.15, 0.2) is 22.8 Å². The molecule has 8 nitrogen and oxygen atoms in total. The third-order valence-corrected chi connectivity index (χ3v) is 4.95. The van der Waals surface area contributed by atoms with Crippen molar-refractivity contribution in [3.8, 4) is 6.07 Å². The largest absolute Gasteiger partial charge is 0.466 e. The highest BCUT2D eigenvalue weighted by molar-refractivity contribution is 7.99. The van der Waals surface area contributed by atoms with Crippen molar-refractivity contribution in [2.24, 2.45) is 5.92 Å². The van der Waals surface area contributed by atoms with E-state index in [4.69, 9.17) is 19.8 Å². The molecule has 0 aliphatic carbocycles. The molecule has 0 spiro atoms. The quantitative estimate of drug-likeness (QED) is 0.600. The first-order valence-corrected chi connectivity index (χ1v) is 8.49. The Balaban J connectivity index is 2.04. The highest BCUT2D eigenvalue weighted by Crippen LogP contribution is 2.41. The fourth-order valence-corrected chi connectivity index (χ4v) is 3.87. The fourth-order valence-electron chi connectivity index (χ4n) is 2.46. The molecule has 1 fully saturated rings. The van der Waals surface area contributed by atoms with Crippen LogP contribution >= 0.6 is 11.8 Å². The number of Topliss-reactive ketones (excluding diaryl/α,β-unsaturated/α-hetero) is 1. The Labute approximate surface area is 148 Å². The number of nitrogens with one attached hydrogen (secondary N) is 1. The Morgan fingerprint density at radius 1 is 1.52 bits per heavy atom. The van der Waals surface area contributed by atoms with Crippen LogP contribution < -0.4 is 0 Å². The molecule has 9 heteroatoms. The number of ketones is 1. The summed E-state index contributed by atoms with van der Waals surface area (Å²) in [5.74, 6) is -2.06. The number of ether oxygens (including phenoxy) is 1. The van der Waals surface area contributed by atoms with E-state index in [9.17, 15) is 14.4 Å². The van der Waals surface area contributed by atoms with Gasteiger partial charge >= 0.3 is 5.97 Å². The highest BCUT2D eigenvalue weighted by Gasteiger charge is 2.43. The maximum Gasteiger partial charge on any atom is 0.330 e. The van der Waals surface area contributed by atoms with Crippen molar-refractivity contribution in [3.05, 3.63) is 24.2 Å². The zero-order valence-electron chi connectivity index (χ0n) is 13.7. The maximum absolute atomic E-state index is 12.3. The van der Waals surface area contributed by atoms with Crippen LogP contribution in [0.2, 0.25) is 0 Å². The van der Waals surface area contributed by atoms with Gasteiger partial charge < -0.3 is 19.5 Å². The molecule has 1 unspecified atom stereocenters. The van der Waals surface area contributed by atoms with E-state index in [1.54, 1.807) is 18.2 Å². The molecule has 1 amide bonds. The first-order valence-electron chi connectivity index (χ1n) is 7.44. The van der Waals surface area contributed by atoms with Crippen LogP contribution in [0.25, 0.3) is 0 Å². The van der Waals surface area contributed by atoms with Gasteiger partial charge in [0, 0.05) is 18.4 Å². The standard InChI is InChI=1S/C16H17N3O5S/c1-9(18)11(6-17)13(21)7-24-16(22)12-8-25-15(19(12)10(2)20)14-4-3-5-23-14/h3-5,11-12,15,18H,7-8H2,1-2H3/t11?,12-,15+/m1/s1. The van der Waals surface area contributed by atoms with E-state index >= 15 is 0 Å². The second-order valence-corrected chi connectivity index (χ2v) is 6.58. The van der Waals surface area contributed by atoms with E-state index in [-0.39, 0.29) is 11.6 Å². The summed E-state index contributed by atoms with van der Waals surface area (Å²) in [5, 5.41) is 15.8. The van der Waals surface area contributed by atoms with Gasteiger partial charge in [0.15, 0.2) is 12.4 Å². The molecule has 3 atom stereocenters. The van der Waals surface area contributed by atoms with E-state index in [2.05, 4.69) is 0 Å². The highest BCUT2D eigenvalue weighted by atomic mass is 32.2. The van der Waals surface area contributed by atoms with Gasteiger partial charge in [-0.05, 0) is 19.1 Å². The summed E-state index contributed by atoms with van der Waals surface area (Å²) in [5.41, 5.74) is -0.108. The lowest BCUT2D eigenvalue weighted by atomic mass is 10.0. The molecule has 2 heterocycles.